The standard InChI is InChI=1S/C23H39N3O2S2/c1-2-3-4-5-6-7-8-9-10-11-12-13-20-28-22(27)21-30-23(29)26(18-14-16-24)19-15-17-25/h2-15,18-21H2,1H3. The highest BCUT2D eigenvalue weighted by atomic mass is 32.2. The van der Waals surface area contributed by atoms with Gasteiger partial charge in [-0.1, -0.05) is 102 Å². The van der Waals surface area contributed by atoms with Crippen LogP contribution in [0, 0.1) is 22.7 Å². The van der Waals surface area contributed by atoms with Crippen LogP contribution in [0.1, 0.15) is 96.8 Å². The van der Waals surface area contributed by atoms with Gasteiger partial charge in [-0.3, -0.25) is 4.79 Å². The number of carbonyl (C=O) groups excluding carboxylic acids is 1. The Hall–Kier alpha value is -1.31. The lowest BCUT2D eigenvalue weighted by molar-refractivity contribution is -0.140. The van der Waals surface area contributed by atoms with Crippen LogP contribution in [0.15, 0.2) is 0 Å². The maximum Gasteiger partial charge on any atom is 0.316 e. The van der Waals surface area contributed by atoms with Crippen LogP contribution in [0.4, 0.5) is 0 Å². The minimum absolute atomic E-state index is 0.173. The number of nitriles is 2. The van der Waals surface area contributed by atoms with Gasteiger partial charge >= 0.3 is 5.97 Å². The van der Waals surface area contributed by atoms with Crippen molar-refractivity contribution in [1.29, 1.82) is 10.5 Å². The predicted molar refractivity (Wildman–Crippen MR) is 129 cm³/mol. The number of hydrogen-bond acceptors (Lipinski definition) is 6. The van der Waals surface area contributed by atoms with E-state index in [-0.39, 0.29) is 11.7 Å². The Labute approximate surface area is 193 Å². The van der Waals surface area contributed by atoms with Gasteiger partial charge in [0.15, 0.2) is 0 Å². The van der Waals surface area contributed by atoms with E-state index in [9.17, 15) is 4.79 Å². The number of rotatable bonds is 19. The zero-order valence-electron chi connectivity index (χ0n) is 18.7. The molecule has 170 valence electrons. The molecular formula is C23H39N3O2S2. The quantitative estimate of drug-likeness (QED) is 0.128. The Balaban J connectivity index is 3.61. The van der Waals surface area contributed by atoms with Crippen LogP contribution < -0.4 is 0 Å². The first-order valence-electron chi connectivity index (χ1n) is 11.5. The summed E-state index contributed by atoms with van der Waals surface area (Å²) in [6, 6.07) is 4.15. The monoisotopic (exact) mass is 453 g/mol. The Kier molecular flexibility index (Phi) is 21.4. The zero-order chi connectivity index (χ0) is 22.3. The summed E-state index contributed by atoms with van der Waals surface area (Å²) in [6.07, 6.45) is 16.1. The second-order valence-electron chi connectivity index (χ2n) is 7.47. The van der Waals surface area contributed by atoms with Crippen LogP contribution in [0.2, 0.25) is 0 Å². The summed E-state index contributed by atoms with van der Waals surface area (Å²) in [7, 11) is 0. The first-order valence-corrected chi connectivity index (χ1v) is 12.9. The van der Waals surface area contributed by atoms with Crippen LogP contribution >= 0.6 is 24.0 Å². The van der Waals surface area contributed by atoms with Crippen LogP contribution in [0.5, 0.6) is 0 Å². The summed E-state index contributed by atoms with van der Waals surface area (Å²) >= 11 is 6.57. The number of thioether (sulfide) groups is 1. The van der Waals surface area contributed by atoms with Crippen LogP contribution in [0.25, 0.3) is 0 Å². The molecule has 0 saturated heterocycles. The molecule has 0 aromatic carbocycles. The molecule has 0 aromatic rings. The third-order valence-corrected chi connectivity index (χ3v) is 6.32. The van der Waals surface area contributed by atoms with Gasteiger partial charge in [0.25, 0.3) is 0 Å². The first-order chi connectivity index (χ1) is 14.7. The van der Waals surface area contributed by atoms with Gasteiger partial charge in [-0.2, -0.15) is 10.5 Å². The van der Waals surface area contributed by atoms with E-state index in [1.807, 2.05) is 4.90 Å². The summed E-state index contributed by atoms with van der Waals surface area (Å²) in [5.41, 5.74) is 0. The minimum atomic E-state index is -0.258. The van der Waals surface area contributed by atoms with Crippen molar-refractivity contribution in [3.63, 3.8) is 0 Å². The van der Waals surface area contributed by atoms with Crippen molar-refractivity contribution in [1.82, 2.24) is 4.90 Å². The van der Waals surface area contributed by atoms with E-state index in [0.717, 1.165) is 12.8 Å². The Morgan fingerprint density at radius 2 is 1.33 bits per heavy atom. The highest BCUT2D eigenvalue weighted by Gasteiger charge is 2.12. The lowest BCUT2D eigenvalue weighted by Gasteiger charge is -2.22. The molecule has 0 fully saturated rings. The molecule has 30 heavy (non-hydrogen) atoms. The number of hydrogen-bond donors (Lipinski definition) is 0. The van der Waals surface area contributed by atoms with Gasteiger partial charge in [0, 0.05) is 13.1 Å². The molecule has 0 aliphatic heterocycles. The first kappa shape index (κ1) is 28.7. The number of carbonyl (C=O) groups is 1. The minimum Gasteiger partial charge on any atom is -0.465 e. The van der Waals surface area contributed by atoms with Gasteiger partial charge in [-0.25, -0.2) is 0 Å². The molecular weight excluding hydrogens is 414 g/mol. The topological polar surface area (TPSA) is 77.1 Å². The van der Waals surface area contributed by atoms with Crippen LogP contribution in [0.3, 0.4) is 0 Å². The van der Waals surface area contributed by atoms with Gasteiger partial charge in [0.1, 0.15) is 4.32 Å². The fraction of sp³-hybridized carbons (Fsp3) is 0.826. The third-order valence-electron chi connectivity index (χ3n) is 4.82. The molecule has 0 spiro atoms. The highest BCUT2D eigenvalue weighted by Crippen LogP contribution is 2.13. The molecule has 0 radical (unpaired) electrons. The highest BCUT2D eigenvalue weighted by molar-refractivity contribution is 8.23. The van der Waals surface area contributed by atoms with Crippen molar-refractivity contribution in [3.8, 4) is 12.1 Å². The van der Waals surface area contributed by atoms with Crippen molar-refractivity contribution in [3.05, 3.63) is 0 Å². The molecule has 0 aliphatic carbocycles. The van der Waals surface area contributed by atoms with E-state index in [1.165, 1.54) is 76.0 Å². The Bertz CT molecular complexity index is 512. The molecule has 0 bridgehead atoms. The van der Waals surface area contributed by atoms with Crippen LogP contribution in [-0.2, 0) is 9.53 Å². The lowest BCUT2D eigenvalue weighted by Crippen LogP contribution is -2.30. The van der Waals surface area contributed by atoms with Gasteiger partial charge in [-0.05, 0) is 6.42 Å². The predicted octanol–water partition coefficient (Wildman–Crippen LogP) is 6.38. The molecule has 0 amide bonds. The molecule has 0 atom stereocenters. The number of unbranched alkanes of at least 4 members (excludes halogenated alkanes) is 11. The molecule has 5 nitrogen and oxygen atoms in total. The summed E-state index contributed by atoms with van der Waals surface area (Å²) < 4.78 is 5.83. The SMILES string of the molecule is CCCCCCCCCCCCCCOC(=O)CSC(=S)N(CCC#N)CCC#N. The molecule has 7 heteroatoms. The Morgan fingerprint density at radius 1 is 0.867 bits per heavy atom. The average molecular weight is 454 g/mol. The van der Waals surface area contributed by atoms with Gasteiger partial charge in [0.05, 0.1) is 37.3 Å². The molecule has 0 aromatic heterocycles. The molecule has 0 unspecified atom stereocenters. The summed E-state index contributed by atoms with van der Waals surface area (Å²) in [5.74, 6) is -0.0851. The van der Waals surface area contributed by atoms with Crippen molar-refractivity contribution in [2.24, 2.45) is 0 Å². The summed E-state index contributed by atoms with van der Waals surface area (Å²) in [5, 5.41) is 17.4. The van der Waals surface area contributed by atoms with E-state index in [2.05, 4.69) is 19.1 Å². The third kappa shape index (κ3) is 18.7. The smallest absolute Gasteiger partial charge is 0.316 e. The molecule has 0 aliphatic rings. The number of nitrogens with zero attached hydrogens (tertiary/aromatic N) is 3. The fourth-order valence-corrected chi connectivity index (χ4v) is 4.10. The van der Waals surface area contributed by atoms with Crippen LogP contribution in [-0.4, -0.2) is 40.6 Å². The van der Waals surface area contributed by atoms with Gasteiger partial charge in [0.2, 0.25) is 0 Å². The van der Waals surface area contributed by atoms with Crippen molar-refractivity contribution < 1.29 is 9.53 Å². The van der Waals surface area contributed by atoms with Gasteiger partial charge < -0.3 is 9.64 Å². The molecule has 0 rings (SSSR count). The molecule has 0 heterocycles. The number of esters is 1. The number of thiocarbonyl (C=S) groups is 1. The van der Waals surface area contributed by atoms with Crippen molar-refractivity contribution >= 4 is 34.3 Å². The van der Waals surface area contributed by atoms with E-state index in [4.69, 9.17) is 27.5 Å². The molecule has 0 N–H and O–H groups in total. The Morgan fingerprint density at radius 3 is 1.80 bits per heavy atom. The summed E-state index contributed by atoms with van der Waals surface area (Å²) in [6.45, 7) is 3.69. The van der Waals surface area contributed by atoms with E-state index >= 15 is 0 Å². The zero-order valence-corrected chi connectivity index (χ0v) is 20.3. The van der Waals surface area contributed by atoms with Gasteiger partial charge in [-0.15, -0.1) is 0 Å². The summed E-state index contributed by atoms with van der Waals surface area (Å²) in [4.78, 5) is 13.7. The largest absolute Gasteiger partial charge is 0.465 e. The average Bonchev–Trinajstić information content (AvgIpc) is 2.75. The normalized spacial score (nSPS) is 10.2. The maximum absolute atomic E-state index is 11.9. The van der Waals surface area contributed by atoms with Crippen molar-refractivity contribution in [2.45, 2.75) is 96.8 Å². The van der Waals surface area contributed by atoms with E-state index < -0.39 is 0 Å². The van der Waals surface area contributed by atoms with E-state index in [1.54, 1.807) is 0 Å². The second-order valence-corrected chi connectivity index (χ2v) is 9.08. The second kappa shape index (κ2) is 22.4. The fourth-order valence-electron chi connectivity index (χ4n) is 3.05. The van der Waals surface area contributed by atoms with E-state index in [0.29, 0.717) is 36.9 Å². The van der Waals surface area contributed by atoms with Crippen molar-refractivity contribution in [2.75, 3.05) is 25.4 Å². The lowest BCUT2D eigenvalue weighted by atomic mass is 10.1. The maximum atomic E-state index is 11.9. The number of ether oxygens (including phenoxy) is 1. The molecule has 0 saturated carbocycles.